The van der Waals surface area contributed by atoms with Crippen LogP contribution < -0.4 is 35.2 Å². The van der Waals surface area contributed by atoms with Crippen molar-refractivity contribution in [2.45, 2.75) is 64.1 Å². The zero-order valence-electron chi connectivity index (χ0n) is 36.9. The molecule has 4 saturated heterocycles. The molecule has 12 nitrogen and oxygen atoms in total. The van der Waals surface area contributed by atoms with Gasteiger partial charge in [-0.2, -0.15) is 0 Å². The SMILES string of the molecule is Cc1cc(N2CC3CC2CN3)nc2ccc(NC(=O)COc3ccc(Cl)cc3Cl)cc12.Cc1cc(N2CCC(N3CCCC3)CC2)nc2ccc(NC(=O)COc3ccc(Cl)cc3Cl)cc12. The standard InChI is InChI=1S/C27H30Cl2N4O2.C23H22Cl2N4O2/c1-18-14-26(33-12-8-21(9-13-33)32-10-2-3-11-32)31-24-6-5-20(16-22(18)24)30-27(34)17-35-25-7-4-19(28)15-23(25)29;1-13-6-22(29-11-16-8-17(29)10-26-16)28-20-4-3-15(9-18(13)20)27-23(30)12-31-21-5-2-14(24)7-19(21)25/h4-7,14-16,21H,2-3,8-13,17H2,1H3,(H,30,34);2-7,9,16-17,26H,8,10-12H2,1H3,(H,27,30). The highest BCUT2D eigenvalue weighted by atomic mass is 35.5. The van der Waals surface area contributed by atoms with Crippen molar-refractivity contribution in [3.8, 4) is 11.5 Å². The van der Waals surface area contributed by atoms with Gasteiger partial charge in [0, 0.05) is 76.5 Å². The number of carbonyl (C=O) groups is 2. The second-order valence-electron chi connectivity index (χ2n) is 17.5. The van der Waals surface area contributed by atoms with Gasteiger partial charge in [-0.05, 0) is 155 Å². The molecule has 344 valence electrons. The van der Waals surface area contributed by atoms with E-state index in [1.54, 1.807) is 36.4 Å². The van der Waals surface area contributed by atoms with E-state index in [1.807, 2.05) is 36.4 Å². The van der Waals surface area contributed by atoms with Crippen molar-refractivity contribution in [2.24, 2.45) is 0 Å². The number of likely N-dealkylation sites (tertiary alicyclic amines) is 1. The van der Waals surface area contributed by atoms with E-state index in [1.165, 1.54) is 45.2 Å². The van der Waals surface area contributed by atoms with Crippen LogP contribution in [0.2, 0.25) is 20.1 Å². The maximum Gasteiger partial charge on any atom is 0.262 e. The molecule has 4 aliphatic heterocycles. The number of hydrogen-bond acceptors (Lipinski definition) is 10. The molecule has 0 radical (unpaired) electrons. The number of hydrogen-bond donors (Lipinski definition) is 3. The van der Waals surface area contributed by atoms with Crippen molar-refractivity contribution >= 4 is 103 Å². The Kier molecular flexibility index (Phi) is 14.2. The topological polar surface area (TPSA) is 124 Å². The molecule has 0 saturated carbocycles. The van der Waals surface area contributed by atoms with Crippen LogP contribution in [0.3, 0.4) is 0 Å². The van der Waals surface area contributed by atoms with Crippen LogP contribution in [0.25, 0.3) is 21.8 Å². The normalized spacial score (nSPS) is 18.4. The molecular formula is C50H52Cl4N8O4. The first kappa shape index (κ1) is 46.0. The number of fused-ring (bicyclic) bond motifs is 4. The van der Waals surface area contributed by atoms with E-state index in [0.717, 1.165) is 76.8 Å². The molecule has 6 heterocycles. The molecule has 2 amide bonds. The summed E-state index contributed by atoms with van der Waals surface area (Å²) in [6.45, 7) is 10.5. The molecule has 2 atom stereocenters. The minimum absolute atomic E-state index is 0.150. The number of carbonyl (C=O) groups excluding carboxylic acids is 2. The number of piperidine rings is 1. The number of aryl methyl sites for hydroxylation is 2. The number of pyridine rings is 2. The summed E-state index contributed by atoms with van der Waals surface area (Å²) in [5.41, 5.74) is 5.54. The number of aromatic nitrogens is 2. The van der Waals surface area contributed by atoms with Gasteiger partial charge in [-0.15, -0.1) is 0 Å². The van der Waals surface area contributed by atoms with Gasteiger partial charge >= 0.3 is 0 Å². The van der Waals surface area contributed by atoms with Gasteiger partial charge in [-0.3, -0.25) is 9.59 Å². The summed E-state index contributed by atoms with van der Waals surface area (Å²) in [4.78, 5) is 42.1. The van der Waals surface area contributed by atoms with Gasteiger partial charge in [0.2, 0.25) is 0 Å². The Hall–Kier alpha value is -5.08. The number of amides is 2. The number of benzene rings is 4. The van der Waals surface area contributed by atoms with Crippen molar-refractivity contribution in [1.29, 1.82) is 0 Å². The van der Waals surface area contributed by atoms with E-state index in [2.05, 4.69) is 56.6 Å². The van der Waals surface area contributed by atoms with Crippen LogP contribution in [0, 0.1) is 13.8 Å². The van der Waals surface area contributed by atoms with Gasteiger partial charge in [-0.1, -0.05) is 46.4 Å². The molecule has 4 fully saturated rings. The van der Waals surface area contributed by atoms with Crippen molar-refractivity contribution in [3.63, 3.8) is 0 Å². The first-order valence-corrected chi connectivity index (χ1v) is 24.0. The van der Waals surface area contributed by atoms with Crippen LogP contribution >= 0.6 is 46.4 Å². The molecular weight excluding hydrogens is 918 g/mol. The van der Waals surface area contributed by atoms with Crippen molar-refractivity contribution in [2.75, 3.05) is 72.9 Å². The summed E-state index contributed by atoms with van der Waals surface area (Å²) in [6.07, 6.45) is 6.28. The minimum Gasteiger partial charge on any atom is -0.482 e. The van der Waals surface area contributed by atoms with E-state index < -0.39 is 0 Å². The Bertz CT molecular complexity index is 2760. The molecule has 4 aliphatic rings. The summed E-state index contributed by atoms with van der Waals surface area (Å²) in [6, 6.07) is 27.5. The zero-order chi connectivity index (χ0) is 45.9. The largest absolute Gasteiger partial charge is 0.482 e. The van der Waals surface area contributed by atoms with Crippen molar-refractivity contribution < 1.29 is 19.1 Å². The fourth-order valence-corrected chi connectivity index (χ4v) is 10.4. The number of ether oxygens (including phenoxy) is 2. The molecule has 2 aromatic heterocycles. The average Bonchev–Trinajstić information content (AvgIpc) is 4.10. The van der Waals surface area contributed by atoms with Crippen LogP contribution in [-0.2, 0) is 9.59 Å². The first-order valence-electron chi connectivity index (χ1n) is 22.5. The fourth-order valence-electron chi connectivity index (χ4n) is 9.49. The van der Waals surface area contributed by atoms with Crippen LogP contribution in [0.1, 0.15) is 43.2 Å². The lowest BCUT2D eigenvalue weighted by Gasteiger charge is -2.37. The van der Waals surface area contributed by atoms with E-state index in [9.17, 15) is 9.59 Å². The second-order valence-corrected chi connectivity index (χ2v) is 19.2. The Balaban J connectivity index is 0.000000167. The Morgan fingerprint density at radius 2 is 1.20 bits per heavy atom. The molecule has 66 heavy (non-hydrogen) atoms. The number of rotatable bonds is 11. The van der Waals surface area contributed by atoms with Gasteiger partial charge < -0.3 is 40.1 Å². The highest BCUT2D eigenvalue weighted by molar-refractivity contribution is 6.36. The highest BCUT2D eigenvalue weighted by Crippen LogP contribution is 2.34. The van der Waals surface area contributed by atoms with E-state index in [0.29, 0.717) is 55.0 Å². The summed E-state index contributed by atoms with van der Waals surface area (Å²) in [5, 5.41) is 13.1. The molecule has 2 bridgehead atoms. The number of anilines is 4. The highest BCUT2D eigenvalue weighted by Gasteiger charge is 2.38. The van der Waals surface area contributed by atoms with Gasteiger partial charge in [0.05, 0.1) is 21.1 Å². The molecule has 6 aromatic rings. The molecule has 16 heteroatoms. The van der Waals surface area contributed by atoms with Crippen molar-refractivity contribution in [3.05, 3.63) is 116 Å². The average molecular weight is 971 g/mol. The van der Waals surface area contributed by atoms with Gasteiger partial charge in [0.25, 0.3) is 11.8 Å². The van der Waals surface area contributed by atoms with Gasteiger partial charge in [-0.25, -0.2) is 9.97 Å². The predicted octanol–water partition coefficient (Wildman–Crippen LogP) is 10.4. The van der Waals surface area contributed by atoms with Crippen LogP contribution in [-0.4, -0.2) is 97.3 Å². The summed E-state index contributed by atoms with van der Waals surface area (Å²) >= 11 is 24.0. The molecule has 4 aromatic carbocycles. The third kappa shape index (κ3) is 10.9. The zero-order valence-corrected chi connectivity index (χ0v) is 39.9. The predicted molar refractivity (Wildman–Crippen MR) is 268 cm³/mol. The van der Waals surface area contributed by atoms with Crippen LogP contribution in [0.15, 0.2) is 84.9 Å². The number of piperazine rings is 1. The quantitative estimate of drug-likeness (QED) is 0.116. The minimum atomic E-state index is -0.270. The van der Waals surface area contributed by atoms with E-state index >= 15 is 0 Å². The van der Waals surface area contributed by atoms with Gasteiger partial charge in [0.1, 0.15) is 23.1 Å². The van der Waals surface area contributed by atoms with E-state index in [-0.39, 0.29) is 25.0 Å². The molecule has 3 N–H and O–H groups in total. The summed E-state index contributed by atoms with van der Waals surface area (Å²) in [7, 11) is 0. The smallest absolute Gasteiger partial charge is 0.262 e. The van der Waals surface area contributed by atoms with Crippen molar-refractivity contribution in [1.82, 2.24) is 20.2 Å². The molecule has 0 aliphatic carbocycles. The number of nitrogens with zero attached hydrogens (tertiary/aromatic N) is 5. The monoisotopic (exact) mass is 968 g/mol. The lowest BCUT2D eigenvalue weighted by molar-refractivity contribution is -0.118. The second kappa shape index (κ2) is 20.4. The maximum atomic E-state index is 12.4. The van der Waals surface area contributed by atoms with Gasteiger partial charge in [0.15, 0.2) is 13.2 Å². The Morgan fingerprint density at radius 1 is 0.667 bits per heavy atom. The van der Waals surface area contributed by atoms with E-state index in [4.69, 9.17) is 65.8 Å². The third-order valence-corrected chi connectivity index (χ3v) is 13.9. The van der Waals surface area contributed by atoms with Crippen LogP contribution in [0.5, 0.6) is 11.5 Å². The maximum absolute atomic E-state index is 12.4. The lowest BCUT2D eigenvalue weighted by atomic mass is 10.0. The molecule has 0 spiro atoms. The lowest BCUT2D eigenvalue weighted by Crippen LogP contribution is -2.44. The summed E-state index contributed by atoms with van der Waals surface area (Å²) in [5.74, 6) is 2.37. The molecule has 10 rings (SSSR count). The summed E-state index contributed by atoms with van der Waals surface area (Å²) < 4.78 is 11.0. The Morgan fingerprint density at radius 3 is 1.70 bits per heavy atom. The molecule has 2 unspecified atom stereocenters. The van der Waals surface area contributed by atoms with Crippen LogP contribution in [0.4, 0.5) is 23.0 Å². The fraction of sp³-hybridized carbons (Fsp3) is 0.360. The Labute approximate surface area is 404 Å². The number of halogens is 4. The number of nitrogens with one attached hydrogen (secondary N) is 3. The first-order chi connectivity index (χ1) is 31.9. The third-order valence-electron chi connectivity index (χ3n) is 12.9.